The zero-order valence-electron chi connectivity index (χ0n) is 12.4. The van der Waals surface area contributed by atoms with Crippen molar-refractivity contribution in [2.75, 3.05) is 0 Å². The maximum atomic E-state index is 9.04. The molecule has 0 aliphatic rings. The van der Waals surface area contributed by atoms with Crippen LogP contribution in [0.2, 0.25) is 5.02 Å². The summed E-state index contributed by atoms with van der Waals surface area (Å²) in [6.07, 6.45) is 0. The molecule has 0 spiro atoms. The van der Waals surface area contributed by atoms with Crippen molar-refractivity contribution in [2.45, 2.75) is 13.5 Å². The van der Waals surface area contributed by atoms with Gasteiger partial charge in [0.1, 0.15) is 24.1 Å². The second-order valence-corrected chi connectivity index (χ2v) is 5.45. The summed E-state index contributed by atoms with van der Waals surface area (Å²) in [7, 11) is 0. The zero-order chi connectivity index (χ0) is 16.2. The van der Waals surface area contributed by atoms with E-state index in [1.165, 1.54) is 0 Å². The van der Waals surface area contributed by atoms with Crippen LogP contribution in [-0.2, 0) is 6.61 Å². The van der Waals surface area contributed by atoms with Gasteiger partial charge in [-0.1, -0.05) is 41.1 Å². The number of hydrogen-bond acceptors (Lipinski definition) is 4. The van der Waals surface area contributed by atoms with Crippen molar-refractivity contribution in [1.29, 1.82) is 5.26 Å². The van der Waals surface area contributed by atoms with Crippen molar-refractivity contribution in [3.05, 3.63) is 64.3 Å². The number of nitrogens with one attached hydrogen (secondary N) is 1. The van der Waals surface area contributed by atoms with Gasteiger partial charge in [-0.05, 0) is 36.2 Å². The third-order valence-corrected chi connectivity index (χ3v) is 3.82. The van der Waals surface area contributed by atoms with E-state index >= 15 is 0 Å². The molecule has 3 rings (SSSR count). The molecule has 0 atom stereocenters. The zero-order valence-corrected chi connectivity index (χ0v) is 13.1. The van der Waals surface area contributed by atoms with Crippen molar-refractivity contribution in [2.24, 2.45) is 0 Å². The molecule has 2 aromatic carbocycles. The number of ether oxygens (including phenoxy) is 1. The number of aromatic amines is 1. The van der Waals surface area contributed by atoms with E-state index in [2.05, 4.69) is 15.4 Å². The third-order valence-electron chi connectivity index (χ3n) is 3.41. The van der Waals surface area contributed by atoms with E-state index < -0.39 is 0 Å². The van der Waals surface area contributed by atoms with Crippen molar-refractivity contribution in [3.63, 3.8) is 0 Å². The van der Waals surface area contributed by atoms with Gasteiger partial charge in [-0.25, -0.2) is 5.10 Å². The molecule has 0 saturated carbocycles. The Kier molecular flexibility index (Phi) is 4.26. The van der Waals surface area contributed by atoms with Gasteiger partial charge in [0.25, 0.3) is 0 Å². The molecule has 23 heavy (non-hydrogen) atoms. The molecule has 0 unspecified atom stereocenters. The van der Waals surface area contributed by atoms with Crippen LogP contribution < -0.4 is 4.74 Å². The smallest absolute Gasteiger partial charge is 0.163 e. The van der Waals surface area contributed by atoms with Gasteiger partial charge in [-0.3, -0.25) is 0 Å². The number of H-pyrrole nitrogens is 1. The van der Waals surface area contributed by atoms with Crippen LogP contribution in [-0.4, -0.2) is 15.4 Å². The predicted molar refractivity (Wildman–Crippen MR) is 87.1 cm³/mol. The highest BCUT2D eigenvalue weighted by Gasteiger charge is 2.09. The van der Waals surface area contributed by atoms with Crippen LogP contribution in [0, 0.1) is 18.3 Å². The first-order valence-electron chi connectivity index (χ1n) is 6.97. The molecule has 114 valence electrons. The molecule has 0 aliphatic carbocycles. The molecule has 5 nitrogen and oxygen atoms in total. The molecule has 0 bridgehead atoms. The largest absolute Gasteiger partial charge is 0.489 e. The molecule has 0 saturated heterocycles. The normalized spacial score (nSPS) is 10.3. The monoisotopic (exact) mass is 324 g/mol. The number of rotatable bonds is 4. The molecule has 0 radical (unpaired) electrons. The second-order valence-electron chi connectivity index (χ2n) is 5.05. The summed E-state index contributed by atoms with van der Waals surface area (Å²) in [6, 6.07) is 15.3. The average molecular weight is 325 g/mol. The number of hydrogen-bond donors (Lipinski definition) is 1. The number of aromatic nitrogens is 3. The molecule has 6 heteroatoms. The van der Waals surface area contributed by atoms with Gasteiger partial charge in [-0.15, -0.1) is 5.10 Å². The molecule has 1 N–H and O–H groups in total. The summed E-state index contributed by atoms with van der Waals surface area (Å²) >= 11 is 6.09. The first-order chi connectivity index (χ1) is 11.2. The van der Waals surface area contributed by atoms with Gasteiger partial charge in [-0.2, -0.15) is 5.26 Å². The Morgan fingerprint density at radius 2 is 2.13 bits per heavy atom. The van der Waals surface area contributed by atoms with E-state index in [4.69, 9.17) is 21.6 Å². The number of benzene rings is 2. The first kappa shape index (κ1) is 15.1. The Balaban J connectivity index is 1.78. The second kappa shape index (κ2) is 6.51. The van der Waals surface area contributed by atoms with E-state index in [-0.39, 0.29) is 0 Å². The lowest BCUT2D eigenvalue weighted by atomic mass is 10.1. The maximum absolute atomic E-state index is 9.04. The van der Waals surface area contributed by atoms with E-state index in [0.717, 1.165) is 16.7 Å². The van der Waals surface area contributed by atoms with E-state index in [1.807, 2.05) is 49.4 Å². The molecule has 0 fully saturated rings. The number of aryl methyl sites for hydroxylation is 1. The quantitative estimate of drug-likeness (QED) is 0.790. The minimum atomic E-state index is 0.341. The van der Waals surface area contributed by atoms with Gasteiger partial charge < -0.3 is 4.74 Å². The standard InChI is InChI=1S/C17H13ClN4O/c1-11-5-6-14(8-15(11)18)23-10-12-3-2-4-13(7-12)17-16(9-19)20-22-21-17/h2-8H,10H2,1H3,(H,20,21,22). The summed E-state index contributed by atoms with van der Waals surface area (Å²) in [4.78, 5) is 0. The summed E-state index contributed by atoms with van der Waals surface area (Å²) in [6.45, 7) is 2.34. The van der Waals surface area contributed by atoms with Crippen molar-refractivity contribution in [1.82, 2.24) is 15.4 Å². The van der Waals surface area contributed by atoms with E-state index in [0.29, 0.717) is 28.8 Å². The van der Waals surface area contributed by atoms with Crippen LogP contribution in [0.15, 0.2) is 42.5 Å². The van der Waals surface area contributed by atoms with Gasteiger partial charge >= 0.3 is 0 Å². The molecular formula is C17H13ClN4O. The molecular weight excluding hydrogens is 312 g/mol. The van der Waals surface area contributed by atoms with Crippen molar-refractivity contribution in [3.8, 4) is 23.1 Å². The Labute approximate surface area is 138 Å². The minimum Gasteiger partial charge on any atom is -0.489 e. The summed E-state index contributed by atoms with van der Waals surface area (Å²) in [5, 5.41) is 19.9. The Morgan fingerprint density at radius 1 is 1.26 bits per heavy atom. The maximum Gasteiger partial charge on any atom is 0.163 e. The fourth-order valence-electron chi connectivity index (χ4n) is 2.15. The van der Waals surface area contributed by atoms with Gasteiger partial charge in [0.05, 0.1) is 0 Å². The minimum absolute atomic E-state index is 0.341. The van der Waals surface area contributed by atoms with Gasteiger partial charge in [0.15, 0.2) is 5.69 Å². The lowest BCUT2D eigenvalue weighted by Crippen LogP contribution is -1.96. The van der Waals surface area contributed by atoms with E-state index in [9.17, 15) is 0 Å². The summed E-state index contributed by atoms with van der Waals surface area (Å²) in [5.41, 5.74) is 3.67. The Morgan fingerprint density at radius 3 is 2.91 bits per heavy atom. The topological polar surface area (TPSA) is 74.6 Å². The van der Waals surface area contributed by atoms with Crippen LogP contribution in [0.5, 0.6) is 5.75 Å². The van der Waals surface area contributed by atoms with Crippen LogP contribution >= 0.6 is 11.6 Å². The number of halogens is 1. The van der Waals surface area contributed by atoms with Crippen LogP contribution in [0.3, 0.4) is 0 Å². The molecule has 3 aromatic rings. The third kappa shape index (κ3) is 3.33. The molecule has 0 amide bonds. The fraction of sp³-hybridized carbons (Fsp3) is 0.118. The van der Waals surface area contributed by atoms with Crippen LogP contribution in [0.25, 0.3) is 11.3 Å². The van der Waals surface area contributed by atoms with Crippen LogP contribution in [0.4, 0.5) is 0 Å². The lowest BCUT2D eigenvalue weighted by molar-refractivity contribution is 0.306. The SMILES string of the molecule is Cc1ccc(OCc2cccc(-c3nn[nH]c3C#N)c2)cc1Cl. The highest BCUT2D eigenvalue weighted by atomic mass is 35.5. The Hall–Kier alpha value is -2.84. The lowest BCUT2D eigenvalue weighted by Gasteiger charge is -2.08. The van der Waals surface area contributed by atoms with Crippen molar-refractivity contribution < 1.29 is 4.74 Å². The fourth-order valence-corrected chi connectivity index (χ4v) is 2.32. The number of nitriles is 1. The van der Waals surface area contributed by atoms with E-state index in [1.54, 1.807) is 6.07 Å². The highest BCUT2D eigenvalue weighted by Crippen LogP contribution is 2.24. The van der Waals surface area contributed by atoms with Crippen molar-refractivity contribution >= 4 is 11.6 Å². The van der Waals surface area contributed by atoms with Crippen LogP contribution in [0.1, 0.15) is 16.8 Å². The summed E-state index contributed by atoms with van der Waals surface area (Å²) < 4.78 is 5.76. The Bertz CT molecular complexity index is 882. The highest BCUT2D eigenvalue weighted by molar-refractivity contribution is 6.31. The van der Waals surface area contributed by atoms with Gasteiger partial charge in [0, 0.05) is 10.6 Å². The number of nitrogens with zero attached hydrogens (tertiary/aromatic N) is 3. The van der Waals surface area contributed by atoms with Gasteiger partial charge in [0.2, 0.25) is 0 Å². The molecule has 1 heterocycles. The summed E-state index contributed by atoms with van der Waals surface area (Å²) in [5.74, 6) is 0.713. The molecule has 1 aromatic heterocycles. The predicted octanol–water partition coefficient (Wildman–Crippen LogP) is 3.88. The average Bonchev–Trinajstić information content (AvgIpc) is 3.05. The first-order valence-corrected chi connectivity index (χ1v) is 7.34. The molecule has 0 aliphatic heterocycles.